The lowest BCUT2D eigenvalue weighted by Crippen LogP contribution is -2.18. The molecule has 9 heteroatoms. The highest BCUT2D eigenvalue weighted by atomic mass is 32.2. The summed E-state index contributed by atoms with van der Waals surface area (Å²) in [6.07, 6.45) is -4.79. The molecule has 0 saturated carbocycles. The van der Waals surface area contributed by atoms with Crippen molar-refractivity contribution in [3.05, 3.63) is 48.5 Å². The number of carbonyl (C=O) groups is 1. The average Bonchev–Trinajstić information content (AvgIpc) is 2.94. The number of nitrogens with one attached hydrogen (secondary N) is 1. The highest BCUT2D eigenvalue weighted by molar-refractivity contribution is 7.99. The lowest BCUT2D eigenvalue weighted by molar-refractivity contribution is -0.274. The summed E-state index contributed by atoms with van der Waals surface area (Å²) in [6, 6.07) is 12.2. The van der Waals surface area contributed by atoms with Gasteiger partial charge in [0.2, 0.25) is 5.91 Å². The van der Waals surface area contributed by atoms with E-state index in [0.717, 1.165) is 23.9 Å². The van der Waals surface area contributed by atoms with Crippen LogP contribution in [0.25, 0.3) is 11.1 Å². The van der Waals surface area contributed by atoms with Crippen LogP contribution in [0.15, 0.2) is 58.2 Å². The molecule has 3 aromatic rings. The molecule has 2 aromatic carbocycles. The van der Waals surface area contributed by atoms with Crippen molar-refractivity contribution in [3.8, 4) is 5.75 Å². The molecule has 0 fully saturated rings. The van der Waals surface area contributed by atoms with E-state index in [1.54, 1.807) is 12.1 Å². The monoisotopic (exact) mass is 368 g/mol. The molecule has 0 saturated heterocycles. The Balaban J connectivity index is 1.58. The molecule has 0 spiro atoms. The standard InChI is InChI=1S/C16H11F3N2O3S/c17-16(18,19)24-11-5-3-4-10(8-11)20-14(22)9-25-15-21-12-6-1-2-7-13(12)23-15/h1-8H,9H2,(H,20,22). The molecule has 1 N–H and O–H groups in total. The van der Waals surface area contributed by atoms with Gasteiger partial charge in [0.05, 0.1) is 5.75 Å². The Morgan fingerprint density at radius 2 is 2.00 bits per heavy atom. The van der Waals surface area contributed by atoms with E-state index in [4.69, 9.17) is 4.42 Å². The van der Waals surface area contributed by atoms with Gasteiger partial charge in [-0.25, -0.2) is 4.98 Å². The van der Waals surface area contributed by atoms with Crippen LogP contribution in [0.5, 0.6) is 5.75 Å². The smallest absolute Gasteiger partial charge is 0.431 e. The zero-order chi connectivity index (χ0) is 17.9. The Labute approximate surface area is 144 Å². The number of ether oxygens (including phenoxy) is 1. The van der Waals surface area contributed by atoms with Crippen molar-refractivity contribution in [2.24, 2.45) is 0 Å². The Morgan fingerprint density at radius 1 is 1.20 bits per heavy atom. The number of amides is 1. The van der Waals surface area contributed by atoms with Crippen molar-refractivity contribution >= 4 is 34.5 Å². The van der Waals surface area contributed by atoms with Gasteiger partial charge in [0.25, 0.3) is 5.22 Å². The molecule has 0 radical (unpaired) electrons. The molecule has 0 aliphatic rings. The Kier molecular flexibility index (Phi) is 4.84. The third kappa shape index (κ3) is 4.90. The predicted octanol–water partition coefficient (Wildman–Crippen LogP) is 4.46. The second-order valence-electron chi connectivity index (χ2n) is 4.86. The van der Waals surface area contributed by atoms with Crippen molar-refractivity contribution in [1.82, 2.24) is 4.98 Å². The van der Waals surface area contributed by atoms with Crippen molar-refractivity contribution in [2.45, 2.75) is 11.6 Å². The highest BCUT2D eigenvalue weighted by Crippen LogP contribution is 2.26. The summed E-state index contributed by atoms with van der Waals surface area (Å²) < 4.78 is 45.9. The number of rotatable bonds is 5. The predicted molar refractivity (Wildman–Crippen MR) is 86.5 cm³/mol. The number of nitrogens with zero attached hydrogens (tertiary/aromatic N) is 1. The molecular formula is C16H11F3N2O3S. The Morgan fingerprint density at radius 3 is 2.76 bits per heavy atom. The number of alkyl halides is 3. The SMILES string of the molecule is O=C(CSc1nc2ccccc2o1)Nc1cccc(OC(F)(F)F)c1. The number of para-hydroxylation sites is 2. The molecule has 0 atom stereocenters. The minimum Gasteiger partial charge on any atom is -0.431 e. The van der Waals surface area contributed by atoms with E-state index < -0.39 is 18.0 Å². The molecule has 0 bridgehead atoms. The molecule has 1 heterocycles. The number of thioether (sulfide) groups is 1. The fraction of sp³-hybridized carbons (Fsp3) is 0.125. The first kappa shape index (κ1) is 17.2. The second-order valence-corrected chi connectivity index (χ2v) is 5.79. The molecule has 130 valence electrons. The normalized spacial score (nSPS) is 11.5. The largest absolute Gasteiger partial charge is 0.573 e. The van der Waals surface area contributed by atoms with Crippen LogP contribution in [-0.4, -0.2) is 23.0 Å². The van der Waals surface area contributed by atoms with Crippen LogP contribution in [0.4, 0.5) is 18.9 Å². The zero-order valence-corrected chi connectivity index (χ0v) is 13.4. The van der Waals surface area contributed by atoms with E-state index in [0.29, 0.717) is 16.3 Å². The number of aromatic nitrogens is 1. The Bertz CT molecular complexity index is 862. The summed E-state index contributed by atoms with van der Waals surface area (Å²) in [7, 11) is 0. The fourth-order valence-corrected chi connectivity index (χ4v) is 2.65. The van der Waals surface area contributed by atoms with Gasteiger partial charge in [-0.2, -0.15) is 0 Å². The lowest BCUT2D eigenvalue weighted by atomic mass is 10.3. The molecule has 5 nitrogen and oxygen atoms in total. The van der Waals surface area contributed by atoms with Crippen LogP contribution in [-0.2, 0) is 4.79 Å². The van der Waals surface area contributed by atoms with Gasteiger partial charge < -0.3 is 14.5 Å². The number of fused-ring (bicyclic) bond motifs is 1. The summed E-state index contributed by atoms with van der Waals surface area (Å²) in [5.41, 5.74) is 1.50. The molecular weight excluding hydrogens is 357 g/mol. The summed E-state index contributed by atoms with van der Waals surface area (Å²) in [4.78, 5) is 16.2. The number of benzene rings is 2. The maximum atomic E-state index is 12.2. The van der Waals surface area contributed by atoms with E-state index >= 15 is 0 Å². The topological polar surface area (TPSA) is 64.4 Å². The summed E-state index contributed by atoms with van der Waals surface area (Å²) in [5, 5.41) is 2.83. The number of oxazole rings is 1. The lowest BCUT2D eigenvalue weighted by Gasteiger charge is -2.10. The number of halogens is 3. The van der Waals surface area contributed by atoms with Gasteiger partial charge in [0.1, 0.15) is 11.3 Å². The third-order valence-corrected chi connectivity index (χ3v) is 3.78. The minimum absolute atomic E-state index is 0.00280. The number of carbonyl (C=O) groups excluding carboxylic acids is 1. The molecule has 1 amide bonds. The highest BCUT2D eigenvalue weighted by Gasteiger charge is 2.31. The summed E-state index contributed by atoms with van der Waals surface area (Å²) >= 11 is 1.09. The van der Waals surface area contributed by atoms with Gasteiger partial charge in [-0.1, -0.05) is 30.0 Å². The molecule has 25 heavy (non-hydrogen) atoms. The Hall–Kier alpha value is -2.68. The van der Waals surface area contributed by atoms with E-state index in [1.165, 1.54) is 12.1 Å². The first-order valence-electron chi connectivity index (χ1n) is 7.03. The maximum Gasteiger partial charge on any atom is 0.573 e. The number of hydrogen-bond donors (Lipinski definition) is 1. The van der Waals surface area contributed by atoms with E-state index in [1.807, 2.05) is 12.1 Å². The molecule has 1 aromatic heterocycles. The molecule has 0 aliphatic heterocycles. The molecule has 0 aliphatic carbocycles. The van der Waals surface area contributed by atoms with Crippen LogP contribution in [0, 0.1) is 0 Å². The van der Waals surface area contributed by atoms with E-state index in [2.05, 4.69) is 15.0 Å². The second kappa shape index (κ2) is 7.06. The molecule has 0 unspecified atom stereocenters. The number of anilines is 1. The summed E-state index contributed by atoms with van der Waals surface area (Å²) in [6.45, 7) is 0. The first-order valence-corrected chi connectivity index (χ1v) is 8.02. The van der Waals surface area contributed by atoms with Gasteiger partial charge in [-0.05, 0) is 24.3 Å². The van der Waals surface area contributed by atoms with Gasteiger partial charge in [-0.3, -0.25) is 4.79 Å². The van der Waals surface area contributed by atoms with Gasteiger partial charge in [0, 0.05) is 11.8 Å². The fourth-order valence-electron chi connectivity index (χ4n) is 2.01. The third-order valence-electron chi connectivity index (χ3n) is 2.95. The van der Waals surface area contributed by atoms with E-state index in [9.17, 15) is 18.0 Å². The van der Waals surface area contributed by atoms with Gasteiger partial charge in [-0.15, -0.1) is 13.2 Å². The number of hydrogen-bond acceptors (Lipinski definition) is 5. The van der Waals surface area contributed by atoms with Crippen LogP contribution >= 0.6 is 11.8 Å². The van der Waals surface area contributed by atoms with Gasteiger partial charge in [0.15, 0.2) is 5.58 Å². The van der Waals surface area contributed by atoms with Gasteiger partial charge >= 0.3 is 6.36 Å². The quantitative estimate of drug-likeness (QED) is 0.674. The van der Waals surface area contributed by atoms with E-state index in [-0.39, 0.29) is 11.4 Å². The van der Waals surface area contributed by atoms with Crippen molar-refractivity contribution in [1.29, 1.82) is 0 Å². The van der Waals surface area contributed by atoms with Crippen molar-refractivity contribution in [2.75, 3.05) is 11.1 Å². The first-order chi connectivity index (χ1) is 11.9. The van der Waals surface area contributed by atoms with Crippen LogP contribution in [0.3, 0.4) is 0 Å². The van der Waals surface area contributed by atoms with Crippen LogP contribution < -0.4 is 10.1 Å². The van der Waals surface area contributed by atoms with Crippen LogP contribution in [0.2, 0.25) is 0 Å². The van der Waals surface area contributed by atoms with Crippen molar-refractivity contribution < 1.29 is 27.1 Å². The van der Waals surface area contributed by atoms with Crippen LogP contribution in [0.1, 0.15) is 0 Å². The average molecular weight is 368 g/mol. The zero-order valence-electron chi connectivity index (χ0n) is 12.5. The summed E-state index contributed by atoms with van der Waals surface area (Å²) in [5.74, 6) is -0.815. The minimum atomic E-state index is -4.79. The molecule has 3 rings (SSSR count). The maximum absolute atomic E-state index is 12.2. The van der Waals surface area contributed by atoms with Crippen molar-refractivity contribution in [3.63, 3.8) is 0 Å².